The minimum atomic E-state index is -0.567. The first-order valence-electron chi connectivity index (χ1n) is 3.88. The molecule has 1 amide bonds. The molecule has 0 aromatic heterocycles. The number of hydrogen-bond donors (Lipinski definition) is 1. The van der Waals surface area contributed by atoms with Crippen LogP contribution in [0.25, 0.3) is 0 Å². The van der Waals surface area contributed by atoms with Gasteiger partial charge in [0.25, 0.3) is 0 Å². The Bertz CT molecular complexity index is 224. The molecule has 3 nitrogen and oxygen atoms in total. The van der Waals surface area contributed by atoms with E-state index in [1.165, 1.54) is 16.7 Å². The molecule has 0 saturated heterocycles. The van der Waals surface area contributed by atoms with E-state index < -0.39 is 6.04 Å². The first-order chi connectivity index (χ1) is 6.04. The number of carbonyl (C=O) groups excluding carboxylic acids is 1. The average molecular weight is 200 g/mol. The number of amides is 1. The molecule has 0 rings (SSSR count). The van der Waals surface area contributed by atoms with Crippen molar-refractivity contribution < 1.29 is 4.79 Å². The third-order valence-electron chi connectivity index (χ3n) is 1.53. The summed E-state index contributed by atoms with van der Waals surface area (Å²) in [6, 6.07) is -0.567. The molecule has 0 heterocycles. The van der Waals surface area contributed by atoms with Crippen molar-refractivity contribution in [3.63, 3.8) is 0 Å². The van der Waals surface area contributed by atoms with Crippen LogP contribution in [0.3, 0.4) is 0 Å². The van der Waals surface area contributed by atoms with E-state index >= 15 is 0 Å². The predicted octanol–water partition coefficient (Wildman–Crippen LogP) is 0.835. The van der Waals surface area contributed by atoms with Crippen molar-refractivity contribution in [3.05, 3.63) is 23.6 Å². The van der Waals surface area contributed by atoms with Crippen LogP contribution >= 0.6 is 11.8 Å². The third kappa shape index (κ3) is 3.65. The van der Waals surface area contributed by atoms with Crippen LogP contribution in [-0.4, -0.2) is 37.2 Å². The van der Waals surface area contributed by atoms with Crippen LogP contribution in [0, 0.1) is 0 Å². The number of carbonyl (C=O) groups is 1. The van der Waals surface area contributed by atoms with Crippen molar-refractivity contribution in [1.29, 1.82) is 0 Å². The van der Waals surface area contributed by atoms with E-state index in [0.29, 0.717) is 0 Å². The van der Waals surface area contributed by atoms with Crippen molar-refractivity contribution in [3.8, 4) is 0 Å². The molecule has 1 unspecified atom stereocenters. The minimum Gasteiger partial charge on any atom is -0.347 e. The number of rotatable bonds is 4. The number of nitrogens with zero attached hydrogens (tertiary/aromatic N) is 1. The highest BCUT2D eigenvalue weighted by atomic mass is 32.2. The van der Waals surface area contributed by atoms with Gasteiger partial charge in [0.05, 0.1) is 0 Å². The summed E-state index contributed by atoms with van der Waals surface area (Å²) in [4.78, 5) is 13.7. The number of likely N-dealkylation sites (N-methyl/N-ethyl adjacent to an activating group) is 1. The van der Waals surface area contributed by atoms with E-state index in [-0.39, 0.29) is 5.91 Å². The Hall–Kier alpha value is -0.740. The monoisotopic (exact) mass is 200 g/mol. The fraction of sp³-hybridized carbons (Fsp3) is 0.444. The number of nitrogens with two attached hydrogens (primary N) is 1. The van der Waals surface area contributed by atoms with Gasteiger partial charge in [-0.05, 0) is 6.26 Å². The van der Waals surface area contributed by atoms with E-state index in [9.17, 15) is 4.79 Å². The summed E-state index contributed by atoms with van der Waals surface area (Å²) in [6.45, 7) is 3.56. The first-order valence-corrected chi connectivity index (χ1v) is 5.10. The van der Waals surface area contributed by atoms with Gasteiger partial charge in [0.15, 0.2) is 0 Å². The van der Waals surface area contributed by atoms with E-state index in [0.717, 1.165) is 4.91 Å². The molecule has 4 heteroatoms. The Kier molecular flexibility index (Phi) is 5.50. The summed E-state index contributed by atoms with van der Waals surface area (Å²) >= 11 is 1.47. The van der Waals surface area contributed by atoms with E-state index in [1.54, 1.807) is 26.2 Å². The van der Waals surface area contributed by atoms with Crippen LogP contribution in [0.5, 0.6) is 0 Å². The lowest BCUT2D eigenvalue weighted by molar-refractivity contribution is -0.129. The second-order valence-corrected chi connectivity index (χ2v) is 3.60. The lowest BCUT2D eigenvalue weighted by Gasteiger charge is -2.17. The van der Waals surface area contributed by atoms with Crippen LogP contribution < -0.4 is 5.73 Å². The zero-order valence-electron chi connectivity index (χ0n) is 8.28. The quantitative estimate of drug-likeness (QED) is 0.684. The van der Waals surface area contributed by atoms with Crippen LogP contribution in [0.15, 0.2) is 23.6 Å². The Labute approximate surface area is 83.7 Å². The van der Waals surface area contributed by atoms with Gasteiger partial charge in [0.2, 0.25) is 5.91 Å². The fourth-order valence-electron chi connectivity index (χ4n) is 0.815. The number of hydrogen-bond acceptors (Lipinski definition) is 3. The normalized spacial score (nSPS) is 13.7. The largest absolute Gasteiger partial charge is 0.347 e. The molecule has 0 bridgehead atoms. The minimum absolute atomic E-state index is 0.0950. The highest BCUT2D eigenvalue weighted by Crippen LogP contribution is 2.15. The van der Waals surface area contributed by atoms with Crippen molar-refractivity contribution >= 4 is 17.7 Å². The summed E-state index contributed by atoms with van der Waals surface area (Å²) in [6.07, 6.45) is 5.28. The van der Waals surface area contributed by atoms with Crippen LogP contribution in [0.2, 0.25) is 0 Å². The fourth-order valence-corrected chi connectivity index (χ4v) is 1.40. The second kappa shape index (κ2) is 5.83. The molecule has 0 spiro atoms. The van der Waals surface area contributed by atoms with Gasteiger partial charge < -0.3 is 10.6 Å². The molecule has 74 valence electrons. The average Bonchev–Trinajstić information content (AvgIpc) is 2.11. The topological polar surface area (TPSA) is 46.3 Å². The predicted molar refractivity (Wildman–Crippen MR) is 58.5 cm³/mol. The second-order valence-electron chi connectivity index (χ2n) is 2.72. The lowest BCUT2D eigenvalue weighted by atomic mass is 10.2. The molecule has 2 N–H and O–H groups in total. The third-order valence-corrected chi connectivity index (χ3v) is 2.39. The molecule has 0 radical (unpaired) electrons. The maximum Gasteiger partial charge on any atom is 0.244 e. The van der Waals surface area contributed by atoms with Crippen molar-refractivity contribution in [2.24, 2.45) is 5.73 Å². The van der Waals surface area contributed by atoms with Gasteiger partial charge >= 0.3 is 0 Å². The Balaban J connectivity index is 4.55. The molecule has 1 atom stereocenters. The van der Waals surface area contributed by atoms with Crippen molar-refractivity contribution in [2.45, 2.75) is 6.04 Å². The van der Waals surface area contributed by atoms with Gasteiger partial charge in [-0.1, -0.05) is 18.7 Å². The molecule has 0 fully saturated rings. The Morgan fingerprint density at radius 2 is 2.15 bits per heavy atom. The smallest absolute Gasteiger partial charge is 0.244 e. The van der Waals surface area contributed by atoms with Crippen LogP contribution in [-0.2, 0) is 4.79 Å². The molecule has 0 aliphatic rings. The summed E-state index contributed by atoms with van der Waals surface area (Å²) in [5.74, 6) is -0.0950. The SMILES string of the molecule is C=C/C=C(\SC)C(N)C(=O)N(C)C. The van der Waals surface area contributed by atoms with Crippen molar-refractivity contribution in [2.75, 3.05) is 20.4 Å². The first kappa shape index (κ1) is 12.3. The zero-order chi connectivity index (χ0) is 10.4. The van der Waals surface area contributed by atoms with Gasteiger partial charge in [0, 0.05) is 19.0 Å². The molecule has 0 aromatic carbocycles. The van der Waals surface area contributed by atoms with Gasteiger partial charge in [-0.25, -0.2) is 0 Å². The summed E-state index contributed by atoms with van der Waals surface area (Å²) in [5.41, 5.74) is 5.73. The molecule has 0 aliphatic carbocycles. The molecular weight excluding hydrogens is 184 g/mol. The maximum atomic E-state index is 11.4. The maximum absolute atomic E-state index is 11.4. The van der Waals surface area contributed by atoms with Gasteiger partial charge in [-0.2, -0.15) is 0 Å². The summed E-state index contributed by atoms with van der Waals surface area (Å²) < 4.78 is 0. The molecule has 0 aliphatic heterocycles. The van der Waals surface area contributed by atoms with Crippen LogP contribution in [0.1, 0.15) is 0 Å². The lowest BCUT2D eigenvalue weighted by Crippen LogP contribution is -2.40. The van der Waals surface area contributed by atoms with E-state index in [1.807, 2.05) is 6.26 Å². The standard InChI is InChI=1S/C9H16N2OS/c1-5-6-7(13-4)8(10)9(12)11(2)3/h5-6,8H,1,10H2,2-4H3/b7-6-. The summed E-state index contributed by atoms with van der Waals surface area (Å²) in [7, 11) is 3.38. The highest BCUT2D eigenvalue weighted by Gasteiger charge is 2.18. The number of allylic oxidation sites excluding steroid dienone is 2. The Morgan fingerprint density at radius 1 is 1.62 bits per heavy atom. The van der Waals surface area contributed by atoms with E-state index in [2.05, 4.69) is 6.58 Å². The number of thioether (sulfide) groups is 1. The molecule has 0 saturated carbocycles. The molecule has 13 heavy (non-hydrogen) atoms. The molecule has 0 aromatic rings. The highest BCUT2D eigenvalue weighted by molar-refractivity contribution is 8.02. The molecular formula is C9H16N2OS. The Morgan fingerprint density at radius 3 is 2.46 bits per heavy atom. The van der Waals surface area contributed by atoms with E-state index in [4.69, 9.17) is 5.73 Å². The van der Waals surface area contributed by atoms with Gasteiger partial charge in [-0.3, -0.25) is 4.79 Å². The van der Waals surface area contributed by atoms with Gasteiger partial charge in [-0.15, -0.1) is 11.8 Å². The van der Waals surface area contributed by atoms with Gasteiger partial charge in [0.1, 0.15) is 6.04 Å². The summed E-state index contributed by atoms with van der Waals surface area (Å²) in [5, 5.41) is 0. The zero-order valence-corrected chi connectivity index (χ0v) is 9.10. The van der Waals surface area contributed by atoms with Crippen molar-refractivity contribution in [1.82, 2.24) is 4.90 Å². The van der Waals surface area contributed by atoms with Crippen LogP contribution in [0.4, 0.5) is 0 Å².